The number of amides is 1. The van der Waals surface area contributed by atoms with Crippen LogP contribution in [0, 0.1) is 10.1 Å². The maximum absolute atomic E-state index is 11.5. The molecule has 0 atom stereocenters. The number of nitrogens with zero attached hydrogens (tertiary/aromatic N) is 3. The molecule has 22 heavy (non-hydrogen) atoms. The quantitative estimate of drug-likeness (QED) is 0.490. The number of carbonyl (C=O) groups is 2. The van der Waals surface area contributed by atoms with Crippen LogP contribution in [0.1, 0.15) is 31.3 Å². The molecule has 0 aliphatic rings. The molecule has 1 aromatic heterocycles. The number of nitro groups is 1. The average Bonchev–Trinajstić information content (AvgIpc) is 2.80. The minimum Gasteiger partial charge on any atom is -0.464 e. The summed E-state index contributed by atoms with van der Waals surface area (Å²) in [5.74, 6) is -1.23. The summed E-state index contributed by atoms with van der Waals surface area (Å²) in [6.45, 7) is 5.30. The van der Waals surface area contributed by atoms with Gasteiger partial charge in [-0.15, -0.1) is 0 Å². The largest absolute Gasteiger partial charge is 0.464 e. The van der Waals surface area contributed by atoms with Gasteiger partial charge >= 0.3 is 17.9 Å². The first-order chi connectivity index (χ1) is 10.1. The predicted molar refractivity (Wildman–Crippen MR) is 74.5 cm³/mol. The Hall–Kier alpha value is -2.65. The number of nitrogens with one attached hydrogen (secondary N) is 1. The monoisotopic (exact) mass is 314 g/mol. The van der Waals surface area contributed by atoms with Crippen molar-refractivity contribution in [3.8, 4) is 0 Å². The van der Waals surface area contributed by atoms with Crippen LogP contribution in [0.4, 0.5) is 10.6 Å². The average molecular weight is 314 g/mol. The van der Waals surface area contributed by atoms with E-state index in [2.05, 4.69) is 15.2 Å². The van der Waals surface area contributed by atoms with Gasteiger partial charge in [0.15, 0.2) is 5.69 Å². The van der Waals surface area contributed by atoms with Crippen LogP contribution in [-0.4, -0.2) is 46.0 Å². The zero-order chi connectivity index (χ0) is 16.9. The van der Waals surface area contributed by atoms with Crippen LogP contribution < -0.4 is 5.32 Å². The number of alkyl carbamates (subject to hydrolysis) is 1. The Balaban J connectivity index is 2.70. The summed E-state index contributed by atoms with van der Waals surface area (Å²) in [6.07, 6.45) is -0.631. The number of hydrogen-bond donors (Lipinski definition) is 1. The Morgan fingerprint density at radius 2 is 2.09 bits per heavy atom. The molecule has 1 amide bonds. The third kappa shape index (κ3) is 5.04. The zero-order valence-electron chi connectivity index (χ0n) is 12.8. The van der Waals surface area contributed by atoms with Crippen LogP contribution in [0.3, 0.4) is 0 Å². The van der Waals surface area contributed by atoms with Crippen molar-refractivity contribution in [2.24, 2.45) is 0 Å². The van der Waals surface area contributed by atoms with Gasteiger partial charge in [0.1, 0.15) is 5.60 Å². The minimum atomic E-state index is -0.752. The smallest absolute Gasteiger partial charge is 0.407 e. The van der Waals surface area contributed by atoms with E-state index in [-0.39, 0.29) is 18.8 Å². The van der Waals surface area contributed by atoms with Crippen molar-refractivity contribution in [2.45, 2.75) is 32.9 Å². The van der Waals surface area contributed by atoms with Crippen LogP contribution in [0.2, 0.25) is 0 Å². The molecule has 0 saturated carbocycles. The van der Waals surface area contributed by atoms with Crippen molar-refractivity contribution >= 4 is 17.9 Å². The SMILES string of the molecule is COC(=O)c1cc([N+](=O)[O-])nn1CCNC(=O)OC(C)(C)C. The van der Waals surface area contributed by atoms with Crippen LogP contribution in [0.5, 0.6) is 0 Å². The maximum Gasteiger partial charge on any atom is 0.407 e. The summed E-state index contributed by atoms with van der Waals surface area (Å²) in [5.41, 5.74) is -0.702. The molecule has 0 aliphatic carbocycles. The molecule has 0 unspecified atom stereocenters. The Morgan fingerprint density at radius 3 is 2.59 bits per heavy atom. The van der Waals surface area contributed by atoms with E-state index in [0.29, 0.717) is 0 Å². The van der Waals surface area contributed by atoms with Gasteiger partial charge in [-0.05, 0) is 25.7 Å². The molecule has 1 N–H and O–H groups in total. The molecule has 1 aromatic rings. The number of hydrogen-bond acceptors (Lipinski definition) is 7. The first kappa shape index (κ1) is 17.4. The molecule has 0 bridgehead atoms. The topological polar surface area (TPSA) is 126 Å². The molecule has 0 radical (unpaired) electrons. The number of esters is 1. The number of rotatable bonds is 5. The Morgan fingerprint density at radius 1 is 1.45 bits per heavy atom. The van der Waals surface area contributed by atoms with E-state index in [1.54, 1.807) is 20.8 Å². The molecular formula is C12H18N4O6. The van der Waals surface area contributed by atoms with Crippen molar-refractivity contribution in [1.29, 1.82) is 0 Å². The van der Waals surface area contributed by atoms with E-state index in [1.807, 2.05) is 0 Å². The van der Waals surface area contributed by atoms with E-state index in [1.165, 1.54) is 0 Å². The van der Waals surface area contributed by atoms with Crippen molar-refractivity contribution in [1.82, 2.24) is 15.1 Å². The summed E-state index contributed by atoms with van der Waals surface area (Å²) in [5, 5.41) is 16.8. The van der Waals surface area contributed by atoms with Crippen LogP contribution in [0.15, 0.2) is 6.07 Å². The second-order valence-corrected chi connectivity index (χ2v) is 5.29. The highest BCUT2D eigenvalue weighted by atomic mass is 16.6. The summed E-state index contributed by atoms with van der Waals surface area (Å²) >= 11 is 0. The second-order valence-electron chi connectivity index (χ2n) is 5.29. The molecule has 0 spiro atoms. The Labute approximate surface area is 126 Å². The molecule has 0 aliphatic heterocycles. The first-order valence-corrected chi connectivity index (χ1v) is 6.41. The lowest BCUT2D eigenvalue weighted by atomic mass is 10.2. The van der Waals surface area contributed by atoms with Gasteiger partial charge in [0.05, 0.1) is 24.8 Å². The fraction of sp³-hybridized carbons (Fsp3) is 0.583. The summed E-state index contributed by atoms with van der Waals surface area (Å²) < 4.78 is 10.7. The van der Waals surface area contributed by atoms with Crippen molar-refractivity contribution in [3.63, 3.8) is 0 Å². The standard InChI is InChI=1S/C12H18N4O6/c1-12(2,3)22-11(18)13-5-6-15-8(10(17)21-4)7-9(14-15)16(19)20/h7H,5-6H2,1-4H3,(H,13,18). The highest BCUT2D eigenvalue weighted by Gasteiger charge is 2.24. The molecule has 1 heterocycles. The molecule has 10 nitrogen and oxygen atoms in total. The van der Waals surface area contributed by atoms with Crippen molar-refractivity contribution in [3.05, 3.63) is 21.9 Å². The van der Waals surface area contributed by atoms with Gasteiger partial charge < -0.3 is 24.9 Å². The number of ether oxygens (including phenoxy) is 2. The zero-order valence-corrected chi connectivity index (χ0v) is 12.8. The maximum atomic E-state index is 11.5. The van der Waals surface area contributed by atoms with Gasteiger partial charge in [-0.3, -0.25) is 0 Å². The van der Waals surface area contributed by atoms with Gasteiger partial charge in [0, 0.05) is 6.54 Å². The number of aromatic nitrogens is 2. The van der Waals surface area contributed by atoms with E-state index in [9.17, 15) is 19.7 Å². The lowest BCUT2D eigenvalue weighted by Gasteiger charge is -2.19. The summed E-state index contributed by atoms with van der Waals surface area (Å²) in [6, 6.07) is 1.01. The van der Waals surface area contributed by atoms with E-state index >= 15 is 0 Å². The van der Waals surface area contributed by atoms with Gasteiger partial charge in [-0.2, -0.15) is 4.68 Å². The molecular weight excluding hydrogens is 296 g/mol. The fourth-order valence-electron chi connectivity index (χ4n) is 1.51. The number of methoxy groups -OCH3 is 1. The van der Waals surface area contributed by atoms with E-state index in [4.69, 9.17) is 4.74 Å². The first-order valence-electron chi connectivity index (χ1n) is 6.41. The molecule has 10 heteroatoms. The van der Waals surface area contributed by atoms with Gasteiger partial charge in [0.25, 0.3) is 0 Å². The normalized spacial score (nSPS) is 10.9. The van der Waals surface area contributed by atoms with Crippen LogP contribution in [-0.2, 0) is 16.0 Å². The van der Waals surface area contributed by atoms with E-state index < -0.39 is 28.4 Å². The van der Waals surface area contributed by atoms with Crippen molar-refractivity contribution in [2.75, 3.05) is 13.7 Å². The van der Waals surface area contributed by atoms with E-state index in [0.717, 1.165) is 17.9 Å². The molecule has 0 aromatic carbocycles. The van der Waals surface area contributed by atoms with Crippen LogP contribution in [0.25, 0.3) is 0 Å². The summed E-state index contributed by atoms with van der Waals surface area (Å²) in [7, 11) is 1.16. The van der Waals surface area contributed by atoms with Gasteiger partial charge in [0.2, 0.25) is 0 Å². The predicted octanol–water partition coefficient (Wildman–Crippen LogP) is 1.10. The lowest BCUT2D eigenvalue weighted by Crippen LogP contribution is -2.34. The fourth-order valence-corrected chi connectivity index (χ4v) is 1.51. The highest BCUT2D eigenvalue weighted by Crippen LogP contribution is 2.13. The Kier molecular flexibility index (Phi) is 5.44. The third-order valence-electron chi connectivity index (χ3n) is 2.34. The third-order valence-corrected chi connectivity index (χ3v) is 2.34. The summed E-state index contributed by atoms with van der Waals surface area (Å²) in [4.78, 5) is 33.0. The number of carbonyl (C=O) groups excluding carboxylic acids is 2. The molecule has 0 fully saturated rings. The van der Waals surface area contributed by atoms with Gasteiger partial charge in [-0.1, -0.05) is 0 Å². The Bertz CT molecular complexity index is 575. The van der Waals surface area contributed by atoms with Gasteiger partial charge in [-0.25, -0.2) is 9.59 Å². The highest BCUT2D eigenvalue weighted by molar-refractivity contribution is 5.88. The molecule has 0 saturated heterocycles. The molecule has 122 valence electrons. The lowest BCUT2D eigenvalue weighted by molar-refractivity contribution is -0.389. The van der Waals surface area contributed by atoms with Crippen molar-refractivity contribution < 1.29 is 24.0 Å². The minimum absolute atomic E-state index is 0.0531. The molecule has 1 rings (SSSR count). The second kappa shape index (κ2) is 6.87. The van der Waals surface area contributed by atoms with Crippen LogP contribution >= 0.6 is 0 Å².